The van der Waals surface area contributed by atoms with Gasteiger partial charge in [0, 0.05) is 13.0 Å². The largest absolute Gasteiger partial charge is 0.480 e. The van der Waals surface area contributed by atoms with Crippen molar-refractivity contribution in [2.24, 2.45) is 0 Å². The number of aliphatic hydroxyl groups is 1. The van der Waals surface area contributed by atoms with Crippen LogP contribution in [0.5, 0.6) is 0 Å². The second kappa shape index (κ2) is 6.65. The first-order valence-electron chi connectivity index (χ1n) is 5.46. The first-order valence-corrected chi connectivity index (χ1v) is 5.46. The van der Waals surface area contributed by atoms with Crippen LogP contribution in [0, 0.1) is 6.92 Å². The number of aliphatic hydroxyl groups excluding tert-OH is 1. The molecule has 18 heavy (non-hydrogen) atoms. The van der Waals surface area contributed by atoms with Crippen LogP contribution in [0.1, 0.15) is 17.9 Å². The van der Waals surface area contributed by atoms with Crippen molar-refractivity contribution in [2.75, 3.05) is 6.61 Å². The van der Waals surface area contributed by atoms with E-state index in [4.69, 9.17) is 14.6 Å². The van der Waals surface area contributed by atoms with Crippen LogP contribution in [0.4, 0.5) is 4.79 Å². The van der Waals surface area contributed by atoms with Crippen molar-refractivity contribution in [3.05, 3.63) is 23.7 Å². The first kappa shape index (κ1) is 14.0. The van der Waals surface area contributed by atoms with Crippen molar-refractivity contribution in [3.8, 4) is 0 Å². The molecule has 100 valence electrons. The van der Waals surface area contributed by atoms with Crippen LogP contribution in [0.2, 0.25) is 0 Å². The smallest absolute Gasteiger partial charge is 0.326 e. The fraction of sp³-hybridized carbons (Fsp3) is 0.455. The van der Waals surface area contributed by atoms with E-state index in [9.17, 15) is 9.59 Å². The van der Waals surface area contributed by atoms with Crippen molar-refractivity contribution < 1.29 is 24.2 Å². The Morgan fingerprint density at radius 1 is 1.44 bits per heavy atom. The van der Waals surface area contributed by atoms with E-state index in [0.29, 0.717) is 5.76 Å². The average Bonchev–Trinajstić information content (AvgIpc) is 2.72. The van der Waals surface area contributed by atoms with E-state index in [2.05, 4.69) is 10.6 Å². The highest BCUT2D eigenvalue weighted by Gasteiger charge is 2.18. The summed E-state index contributed by atoms with van der Waals surface area (Å²) in [7, 11) is 0. The summed E-state index contributed by atoms with van der Waals surface area (Å²) in [5.41, 5.74) is 0. The van der Waals surface area contributed by atoms with Crippen molar-refractivity contribution in [1.29, 1.82) is 0 Å². The molecule has 0 fully saturated rings. The Morgan fingerprint density at radius 3 is 2.67 bits per heavy atom. The number of rotatable bonds is 6. The average molecular weight is 256 g/mol. The predicted molar refractivity (Wildman–Crippen MR) is 61.9 cm³/mol. The number of aliphatic carboxylic acids is 1. The van der Waals surface area contributed by atoms with Gasteiger partial charge in [0.25, 0.3) is 0 Å². The molecule has 0 aliphatic carbocycles. The molecule has 2 amide bonds. The maximum atomic E-state index is 11.4. The van der Waals surface area contributed by atoms with Crippen LogP contribution in [0.25, 0.3) is 0 Å². The topological polar surface area (TPSA) is 112 Å². The maximum absolute atomic E-state index is 11.4. The molecule has 4 N–H and O–H groups in total. The second-order valence-electron chi connectivity index (χ2n) is 3.74. The summed E-state index contributed by atoms with van der Waals surface area (Å²) in [6.07, 6.45) is -0.0391. The highest BCUT2D eigenvalue weighted by atomic mass is 16.4. The van der Waals surface area contributed by atoms with Crippen LogP contribution < -0.4 is 10.6 Å². The zero-order chi connectivity index (χ0) is 13.5. The lowest BCUT2D eigenvalue weighted by molar-refractivity contribution is -0.139. The van der Waals surface area contributed by atoms with Crippen molar-refractivity contribution >= 4 is 12.0 Å². The molecule has 7 nitrogen and oxygen atoms in total. The molecule has 1 aromatic rings. The summed E-state index contributed by atoms with van der Waals surface area (Å²) in [4.78, 5) is 22.1. The third-order valence-electron chi connectivity index (χ3n) is 2.24. The monoisotopic (exact) mass is 256 g/mol. The maximum Gasteiger partial charge on any atom is 0.326 e. The van der Waals surface area contributed by atoms with E-state index in [0.717, 1.165) is 5.76 Å². The SMILES string of the molecule is Cc1ccc(CNC(=O)N[C@@H](CCO)C(=O)O)o1. The molecule has 0 unspecified atom stereocenters. The van der Waals surface area contributed by atoms with E-state index in [1.165, 1.54) is 0 Å². The summed E-state index contributed by atoms with van der Waals surface area (Å²) in [5, 5.41) is 22.1. The number of nitrogens with one attached hydrogen (secondary N) is 2. The molecular weight excluding hydrogens is 240 g/mol. The minimum Gasteiger partial charge on any atom is -0.480 e. The molecule has 0 bridgehead atoms. The van der Waals surface area contributed by atoms with Crippen LogP contribution in [0.3, 0.4) is 0 Å². The van der Waals surface area contributed by atoms with Gasteiger partial charge in [-0.05, 0) is 19.1 Å². The molecule has 1 rings (SSSR count). The van der Waals surface area contributed by atoms with Gasteiger partial charge < -0.3 is 25.3 Å². The number of carboxylic acids is 1. The minimum atomic E-state index is -1.19. The number of amides is 2. The third kappa shape index (κ3) is 4.46. The van der Waals surface area contributed by atoms with Gasteiger partial charge in [0.15, 0.2) is 0 Å². The molecular formula is C11H16N2O5. The number of carboxylic acid groups (broad SMARTS) is 1. The molecule has 0 aliphatic heterocycles. The highest BCUT2D eigenvalue weighted by molar-refractivity contribution is 5.82. The first-order chi connectivity index (χ1) is 8.52. The minimum absolute atomic E-state index is 0.0391. The second-order valence-corrected chi connectivity index (χ2v) is 3.74. The van der Waals surface area contributed by atoms with Crippen LogP contribution >= 0.6 is 0 Å². The molecule has 1 atom stereocenters. The van der Waals surface area contributed by atoms with E-state index in [1.807, 2.05) is 0 Å². The number of carbonyl (C=O) groups is 2. The summed E-state index contributed by atoms with van der Waals surface area (Å²) >= 11 is 0. The normalized spacial score (nSPS) is 11.9. The zero-order valence-electron chi connectivity index (χ0n) is 9.97. The van der Waals surface area contributed by atoms with Gasteiger partial charge in [-0.1, -0.05) is 0 Å². The van der Waals surface area contributed by atoms with Gasteiger partial charge in [0.1, 0.15) is 17.6 Å². The predicted octanol–water partition coefficient (Wildman–Crippen LogP) is 0.223. The number of aryl methyl sites for hydroxylation is 1. The van der Waals surface area contributed by atoms with Gasteiger partial charge in [-0.15, -0.1) is 0 Å². The molecule has 0 saturated carbocycles. The van der Waals surface area contributed by atoms with Gasteiger partial charge in [0.2, 0.25) is 0 Å². The quantitative estimate of drug-likeness (QED) is 0.582. The van der Waals surface area contributed by atoms with Gasteiger partial charge in [-0.2, -0.15) is 0 Å². The summed E-state index contributed by atoms with van der Waals surface area (Å²) in [6.45, 7) is 1.64. The molecule has 0 aromatic carbocycles. The van der Waals surface area contributed by atoms with Crippen LogP contribution in [-0.4, -0.2) is 34.9 Å². The number of urea groups is 1. The van der Waals surface area contributed by atoms with E-state index in [1.54, 1.807) is 19.1 Å². The summed E-state index contributed by atoms with van der Waals surface area (Å²) < 4.78 is 5.24. The molecule has 0 aliphatic rings. The van der Waals surface area contributed by atoms with E-state index in [-0.39, 0.29) is 19.6 Å². The lowest BCUT2D eigenvalue weighted by Gasteiger charge is -2.13. The molecule has 0 saturated heterocycles. The van der Waals surface area contributed by atoms with E-state index < -0.39 is 18.0 Å². The van der Waals surface area contributed by atoms with Crippen molar-refractivity contribution in [2.45, 2.75) is 25.9 Å². The number of hydrogen-bond acceptors (Lipinski definition) is 4. The van der Waals surface area contributed by atoms with Gasteiger partial charge in [-0.3, -0.25) is 0 Å². The lowest BCUT2D eigenvalue weighted by Crippen LogP contribution is -2.46. The standard InChI is InChI=1S/C11H16N2O5/c1-7-2-3-8(18-7)6-12-11(17)13-9(4-5-14)10(15)16/h2-3,9,14H,4-6H2,1H3,(H,15,16)(H2,12,13,17)/t9-/m0/s1. The number of hydrogen-bond donors (Lipinski definition) is 4. The molecule has 0 radical (unpaired) electrons. The fourth-order valence-electron chi connectivity index (χ4n) is 1.34. The Morgan fingerprint density at radius 2 is 2.17 bits per heavy atom. The Bertz CT molecular complexity index is 415. The van der Waals surface area contributed by atoms with Gasteiger partial charge in [-0.25, -0.2) is 9.59 Å². The van der Waals surface area contributed by atoms with Crippen molar-refractivity contribution in [3.63, 3.8) is 0 Å². The van der Waals surface area contributed by atoms with Crippen LogP contribution in [-0.2, 0) is 11.3 Å². The van der Waals surface area contributed by atoms with Crippen molar-refractivity contribution in [1.82, 2.24) is 10.6 Å². The number of furan rings is 1. The Labute approximate surface area is 104 Å². The summed E-state index contributed by atoms with van der Waals surface area (Å²) in [6, 6.07) is 1.76. The molecule has 1 aromatic heterocycles. The Kier molecular flexibility index (Phi) is 5.19. The zero-order valence-corrected chi connectivity index (χ0v) is 9.97. The Balaban J connectivity index is 2.38. The van der Waals surface area contributed by atoms with E-state index >= 15 is 0 Å². The summed E-state index contributed by atoms with van der Waals surface area (Å²) in [5.74, 6) is 0.126. The van der Waals surface area contributed by atoms with Gasteiger partial charge >= 0.3 is 12.0 Å². The molecule has 7 heteroatoms. The fourth-order valence-corrected chi connectivity index (χ4v) is 1.34. The lowest BCUT2D eigenvalue weighted by atomic mass is 10.2. The highest BCUT2D eigenvalue weighted by Crippen LogP contribution is 2.05. The van der Waals surface area contributed by atoms with Gasteiger partial charge in [0.05, 0.1) is 6.54 Å². The number of carbonyl (C=O) groups excluding carboxylic acids is 1. The third-order valence-corrected chi connectivity index (χ3v) is 2.24. The Hall–Kier alpha value is -2.02. The van der Waals surface area contributed by atoms with Crippen LogP contribution in [0.15, 0.2) is 16.5 Å². The molecule has 0 spiro atoms. The molecule has 1 heterocycles.